The van der Waals surface area contributed by atoms with Gasteiger partial charge in [0.2, 0.25) is 0 Å². The van der Waals surface area contributed by atoms with E-state index in [0.717, 1.165) is 41.4 Å². The molecule has 1 unspecified atom stereocenters. The minimum absolute atomic E-state index is 0.142. The average molecular weight is 326 g/mol. The number of halogens is 1. The molecule has 0 bridgehead atoms. The summed E-state index contributed by atoms with van der Waals surface area (Å²) in [5.41, 5.74) is 1.93. The van der Waals surface area contributed by atoms with Gasteiger partial charge in [0.1, 0.15) is 0 Å². The van der Waals surface area contributed by atoms with E-state index in [9.17, 15) is 4.79 Å². The Kier molecular flexibility index (Phi) is 6.56. The fourth-order valence-corrected chi connectivity index (χ4v) is 2.34. The molecule has 106 valence electrons. The van der Waals surface area contributed by atoms with Gasteiger partial charge < -0.3 is 4.90 Å². The van der Waals surface area contributed by atoms with Gasteiger partial charge in [0.05, 0.1) is 0 Å². The number of hydrogen-bond acceptors (Lipinski definition) is 1. The largest absolute Gasteiger partial charge is 0.336 e. The fourth-order valence-electron chi connectivity index (χ4n) is 1.96. The lowest BCUT2D eigenvalue weighted by Gasteiger charge is -2.29. The van der Waals surface area contributed by atoms with E-state index in [1.165, 1.54) is 0 Å². The first-order chi connectivity index (χ1) is 9.01. The van der Waals surface area contributed by atoms with Gasteiger partial charge in [-0.1, -0.05) is 42.3 Å². The van der Waals surface area contributed by atoms with Crippen LogP contribution in [0.25, 0.3) is 0 Å². The van der Waals surface area contributed by atoms with Crippen LogP contribution < -0.4 is 0 Å². The number of carbonyl (C=O) groups excluding carboxylic acids is 1. The Morgan fingerprint density at radius 1 is 1.37 bits per heavy atom. The van der Waals surface area contributed by atoms with Crippen LogP contribution >= 0.6 is 15.9 Å². The maximum Gasteiger partial charge on any atom is 0.254 e. The molecule has 0 spiro atoms. The third-order valence-electron chi connectivity index (χ3n) is 3.56. The lowest BCUT2D eigenvalue weighted by molar-refractivity contribution is 0.0685. The Balaban J connectivity index is 2.94. The van der Waals surface area contributed by atoms with E-state index in [-0.39, 0.29) is 5.91 Å². The Morgan fingerprint density at radius 2 is 2.05 bits per heavy atom. The molecule has 0 saturated heterocycles. The van der Waals surface area contributed by atoms with E-state index in [1.54, 1.807) is 0 Å². The van der Waals surface area contributed by atoms with E-state index in [2.05, 4.69) is 36.7 Å². The second-order valence-corrected chi connectivity index (χ2v) is 5.93. The minimum Gasteiger partial charge on any atom is -0.336 e. The highest BCUT2D eigenvalue weighted by Gasteiger charge is 2.20. The maximum atomic E-state index is 12.6. The van der Waals surface area contributed by atoms with Gasteiger partial charge in [-0.3, -0.25) is 4.79 Å². The molecule has 1 aromatic rings. The van der Waals surface area contributed by atoms with Gasteiger partial charge in [0, 0.05) is 22.6 Å². The predicted octanol–water partition coefficient (Wildman–Crippen LogP) is 4.80. The molecule has 19 heavy (non-hydrogen) atoms. The lowest BCUT2D eigenvalue weighted by atomic mass is 10.1. The lowest BCUT2D eigenvalue weighted by Crippen LogP contribution is -2.39. The van der Waals surface area contributed by atoms with Gasteiger partial charge in [-0.15, -0.1) is 0 Å². The summed E-state index contributed by atoms with van der Waals surface area (Å²) in [6, 6.07) is 6.13. The first kappa shape index (κ1) is 16.2. The molecule has 1 atom stereocenters. The van der Waals surface area contributed by atoms with Crippen LogP contribution in [0.1, 0.15) is 56.0 Å². The van der Waals surface area contributed by atoms with Crippen LogP contribution in [0, 0.1) is 6.92 Å². The van der Waals surface area contributed by atoms with Crippen molar-refractivity contribution >= 4 is 21.8 Å². The van der Waals surface area contributed by atoms with Crippen molar-refractivity contribution in [1.29, 1.82) is 0 Å². The Labute approximate surface area is 125 Å². The first-order valence-corrected chi connectivity index (χ1v) is 7.87. The van der Waals surface area contributed by atoms with Crippen molar-refractivity contribution in [2.24, 2.45) is 0 Å². The summed E-state index contributed by atoms with van der Waals surface area (Å²) in [5.74, 6) is 0.142. The molecule has 1 rings (SSSR count). The number of unbranched alkanes of at least 4 members (excludes halogenated alkanes) is 1. The summed E-state index contributed by atoms with van der Waals surface area (Å²) >= 11 is 3.50. The molecule has 0 aromatic heterocycles. The van der Waals surface area contributed by atoms with Gasteiger partial charge >= 0.3 is 0 Å². The smallest absolute Gasteiger partial charge is 0.254 e. The number of nitrogens with zero attached hydrogens (tertiary/aromatic N) is 1. The van der Waals surface area contributed by atoms with Gasteiger partial charge in [-0.2, -0.15) is 0 Å². The van der Waals surface area contributed by atoms with Gasteiger partial charge in [-0.25, -0.2) is 0 Å². The van der Waals surface area contributed by atoms with Crippen molar-refractivity contribution in [2.45, 2.75) is 53.0 Å². The predicted molar refractivity (Wildman–Crippen MR) is 84.6 cm³/mol. The number of aryl methyl sites for hydroxylation is 1. The molecule has 1 amide bonds. The van der Waals surface area contributed by atoms with Crippen LogP contribution in [0.5, 0.6) is 0 Å². The summed E-state index contributed by atoms with van der Waals surface area (Å²) in [4.78, 5) is 14.6. The SMILES string of the molecule is CCCCN(C(=O)c1ccc(C)c(Br)c1)C(C)CC. The van der Waals surface area contributed by atoms with Crippen molar-refractivity contribution in [2.75, 3.05) is 6.54 Å². The molecule has 1 aromatic carbocycles. The molecule has 0 saturated carbocycles. The molecule has 0 radical (unpaired) electrons. The van der Waals surface area contributed by atoms with E-state index < -0.39 is 0 Å². The van der Waals surface area contributed by atoms with Gasteiger partial charge in [0.15, 0.2) is 0 Å². The zero-order chi connectivity index (χ0) is 14.4. The number of hydrogen-bond donors (Lipinski definition) is 0. The number of benzene rings is 1. The molecule has 0 aliphatic rings. The zero-order valence-electron chi connectivity index (χ0n) is 12.4. The van der Waals surface area contributed by atoms with Crippen molar-refractivity contribution in [1.82, 2.24) is 4.90 Å². The molecular weight excluding hydrogens is 302 g/mol. The topological polar surface area (TPSA) is 20.3 Å². The second-order valence-electron chi connectivity index (χ2n) is 5.07. The highest BCUT2D eigenvalue weighted by molar-refractivity contribution is 9.10. The highest BCUT2D eigenvalue weighted by atomic mass is 79.9. The molecule has 0 aliphatic heterocycles. The molecule has 2 nitrogen and oxygen atoms in total. The van der Waals surface area contributed by atoms with E-state index >= 15 is 0 Å². The summed E-state index contributed by atoms with van der Waals surface area (Å²) in [6.07, 6.45) is 3.16. The van der Waals surface area contributed by atoms with Crippen LogP contribution in [0.3, 0.4) is 0 Å². The monoisotopic (exact) mass is 325 g/mol. The van der Waals surface area contributed by atoms with Crippen molar-refractivity contribution in [3.8, 4) is 0 Å². The second kappa shape index (κ2) is 7.68. The maximum absolute atomic E-state index is 12.6. The molecule has 0 aliphatic carbocycles. The minimum atomic E-state index is 0.142. The molecule has 3 heteroatoms. The normalized spacial score (nSPS) is 12.3. The quantitative estimate of drug-likeness (QED) is 0.735. The number of carbonyl (C=O) groups is 1. The van der Waals surface area contributed by atoms with Crippen LogP contribution in [0.4, 0.5) is 0 Å². The Morgan fingerprint density at radius 3 is 2.58 bits per heavy atom. The molecule has 0 fully saturated rings. The zero-order valence-corrected chi connectivity index (χ0v) is 14.0. The third-order valence-corrected chi connectivity index (χ3v) is 4.41. The van der Waals surface area contributed by atoms with Crippen LogP contribution in [-0.4, -0.2) is 23.4 Å². The summed E-state index contributed by atoms with van der Waals surface area (Å²) < 4.78 is 0.998. The van der Waals surface area contributed by atoms with Crippen LogP contribution in [-0.2, 0) is 0 Å². The van der Waals surface area contributed by atoms with Crippen molar-refractivity contribution in [3.63, 3.8) is 0 Å². The standard InChI is InChI=1S/C16H24BrNO/c1-5-7-10-18(13(4)6-2)16(19)14-9-8-12(3)15(17)11-14/h8-9,11,13H,5-7,10H2,1-4H3. The number of rotatable bonds is 6. The van der Waals surface area contributed by atoms with Crippen molar-refractivity contribution < 1.29 is 4.79 Å². The Hall–Kier alpha value is -0.830. The highest BCUT2D eigenvalue weighted by Crippen LogP contribution is 2.20. The summed E-state index contributed by atoms with van der Waals surface area (Å²) in [5, 5.41) is 0. The average Bonchev–Trinajstić information content (AvgIpc) is 2.41. The van der Waals surface area contributed by atoms with Crippen LogP contribution in [0.15, 0.2) is 22.7 Å². The van der Waals surface area contributed by atoms with E-state index in [0.29, 0.717) is 6.04 Å². The summed E-state index contributed by atoms with van der Waals surface area (Å²) in [6.45, 7) is 9.28. The summed E-state index contributed by atoms with van der Waals surface area (Å²) in [7, 11) is 0. The molecule has 0 N–H and O–H groups in total. The first-order valence-electron chi connectivity index (χ1n) is 7.08. The van der Waals surface area contributed by atoms with Gasteiger partial charge in [0.25, 0.3) is 5.91 Å². The third kappa shape index (κ3) is 4.34. The van der Waals surface area contributed by atoms with E-state index in [4.69, 9.17) is 0 Å². The van der Waals surface area contributed by atoms with E-state index in [1.807, 2.05) is 30.0 Å². The Bertz CT molecular complexity index is 431. The fraction of sp³-hybridized carbons (Fsp3) is 0.562. The molecule has 0 heterocycles. The number of amides is 1. The van der Waals surface area contributed by atoms with Crippen LogP contribution in [0.2, 0.25) is 0 Å². The van der Waals surface area contributed by atoms with Crippen molar-refractivity contribution in [3.05, 3.63) is 33.8 Å². The van der Waals surface area contributed by atoms with Gasteiger partial charge in [-0.05, 0) is 44.4 Å². The molecular formula is C16H24BrNO.